The van der Waals surface area contributed by atoms with E-state index in [1.807, 2.05) is 25.1 Å². The second-order valence-corrected chi connectivity index (χ2v) is 6.04. The lowest BCUT2D eigenvalue weighted by Gasteiger charge is -2.34. The first-order chi connectivity index (χ1) is 11.4. The van der Waals surface area contributed by atoms with Gasteiger partial charge in [-0.25, -0.2) is 0 Å². The number of nitrogens with one attached hydrogen (secondary N) is 1. The number of carbonyl (C=O) groups is 1. The Morgan fingerprint density at radius 2 is 2.17 bits per heavy atom. The molecule has 0 aliphatic carbocycles. The van der Waals surface area contributed by atoms with Crippen molar-refractivity contribution in [3.05, 3.63) is 40.3 Å². The van der Waals surface area contributed by atoms with Crippen LogP contribution in [0.15, 0.2) is 18.7 Å². The standard InChI is InChI=1S/C19H25NO4/c1-5-13-7-8-14(15(6-2)11(13)3)10-20-19(23)17-9-16(21)18(22)12(4)24-17/h5-8,12,16-18,21-22H,2-3,9-10H2,1,4H3,(H,20,23)/b13-5-. The zero-order valence-corrected chi connectivity index (χ0v) is 14.2. The molecule has 5 nitrogen and oxygen atoms in total. The lowest BCUT2D eigenvalue weighted by molar-refractivity contribution is -0.174. The monoisotopic (exact) mass is 331 g/mol. The molecule has 4 unspecified atom stereocenters. The summed E-state index contributed by atoms with van der Waals surface area (Å²) in [5.41, 5.74) is 1.82. The number of carbonyl (C=O) groups excluding carboxylic acids is 1. The van der Waals surface area contributed by atoms with Gasteiger partial charge in [0.05, 0.1) is 12.2 Å². The summed E-state index contributed by atoms with van der Waals surface area (Å²) in [5.74, 6) is -0.306. The third kappa shape index (κ3) is 3.75. The van der Waals surface area contributed by atoms with Crippen LogP contribution in [0.5, 0.6) is 0 Å². The van der Waals surface area contributed by atoms with Gasteiger partial charge in [-0.05, 0) is 35.4 Å². The molecule has 3 N–H and O–H groups in total. The number of benzene rings is 1. The highest BCUT2D eigenvalue weighted by Crippen LogP contribution is 2.20. The Bertz CT molecular complexity index is 716. The topological polar surface area (TPSA) is 78.8 Å². The third-order valence-corrected chi connectivity index (χ3v) is 4.45. The summed E-state index contributed by atoms with van der Waals surface area (Å²) in [5, 5.41) is 24.2. The Kier molecular flexibility index (Phi) is 5.94. The van der Waals surface area contributed by atoms with Crippen molar-refractivity contribution in [3.63, 3.8) is 0 Å². The lowest BCUT2D eigenvalue weighted by Crippen LogP contribution is -2.51. The first-order valence-corrected chi connectivity index (χ1v) is 8.08. The molecule has 2 rings (SSSR count). The SMILES string of the molecule is C=Cc1c(CNC(=O)C2CC(O)C(O)C(C)O2)cc/c(=C/C)c1=C. The Balaban J connectivity index is 2.09. The van der Waals surface area contributed by atoms with Gasteiger partial charge in [0.1, 0.15) is 12.2 Å². The van der Waals surface area contributed by atoms with Gasteiger partial charge in [0.2, 0.25) is 5.91 Å². The zero-order valence-electron chi connectivity index (χ0n) is 14.2. The van der Waals surface area contributed by atoms with Crippen LogP contribution in [0.25, 0.3) is 18.7 Å². The molecule has 0 spiro atoms. The molecule has 1 saturated heterocycles. The van der Waals surface area contributed by atoms with Gasteiger partial charge in [0, 0.05) is 13.0 Å². The number of rotatable bonds is 4. The van der Waals surface area contributed by atoms with E-state index < -0.39 is 24.4 Å². The van der Waals surface area contributed by atoms with Gasteiger partial charge in [-0.2, -0.15) is 0 Å². The number of ether oxygens (including phenoxy) is 1. The van der Waals surface area contributed by atoms with Crippen LogP contribution in [0, 0.1) is 0 Å². The van der Waals surface area contributed by atoms with Crippen molar-refractivity contribution < 1.29 is 19.7 Å². The molecular formula is C19H25NO4. The molecule has 24 heavy (non-hydrogen) atoms. The lowest BCUT2D eigenvalue weighted by atomic mass is 9.98. The molecule has 1 aromatic rings. The summed E-state index contributed by atoms with van der Waals surface area (Å²) in [6.07, 6.45) is 0.507. The minimum absolute atomic E-state index is 0.0793. The predicted molar refractivity (Wildman–Crippen MR) is 94.3 cm³/mol. The van der Waals surface area contributed by atoms with Crippen molar-refractivity contribution in [2.24, 2.45) is 0 Å². The van der Waals surface area contributed by atoms with Crippen LogP contribution in [0.3, 0.4) is 0 Å². The highest BCUT2D eigenvalue weighted by Gasteiger charge is 2.37. The molecule has 0 bridgehead atoms. The minimum Gasteiger partial charge on any atom is -0.390 e. The van der Waals surface area contributed by atoms with Gasteiger partial charge in [-0.1, -0.05) is 37.4 Å². The van der Waals surface area contributed by atoms with E-state index in [1.165, 1.54) is 0 Å². The fraction of sp³-hybridized carbons (Fsp3) is 0.421. The molecule has 5 heteroatoms. The second-order valence-electron chi connectivity index (χ2n) is 6.04. The molecule has 0 saturated carbocycles. The van der Waals surface area contributed by atoms with Gasteiger partial charge >= 0.3 is 0 Å². The van der Waals surface area contributed by atoms with Crippen LogP contribution >= 0.6 is 0 Å². The van der Waals surface area contributed by atoms with Crippen molar-refractivity contribution >= 4 is 24.6 Å². The summed E-state index contributed by atoms with van der Waals surface area (Å²) in [4.78, 5) is 12.3. The van der Waals surface area contributed by atoms with E-state index in [0.717, 1.165) is 21.6 Å². The normalized spacial score (nSPS) is 27.8. The first kappa shape index (κ1) is 18.4. The summed E-state index contributed by atoms with van der Waals surface area (Å²) in [6, 6.07) is 3.89. The molecule has 1 amide bonds. The van der Waals surface area contributed by atoms with Crippen LogP contribution in [0.1, 0.15) is 31.4 Å². The number of aliphatic hydroxyl groups is 2. The van der Waals surface area contributed by atoms with Crippen molar-refractivity contribution in [3.8, 4) is 0 Å². The maximum Gasteiger partial charge on any atom is 0.249 e. The van der Waals surface area contributed by atoms with Gasteiger partial charge in [0.15, 0.2) is 0 Å². The number of hydrogen-bond donors (Lipinski definition) is 3. The molecule has 1 aliphatic rings. The molecule has 1 fully saturated rings. The van der Waals surface area contributed by atoms with E-state index in [0.29, 0.717) is 6.54 Å². The fourth-order valence-electron chi connectivity index (χ4n) is 2.94. The van der Waals surface area contributed by atoms with Crippen LogP contribution < -0.4 is 15.8 Å². The third-order valence-electron chi connectivity index (χ3n) is 4.45. The van der Waals surface area contributed by atoms with Gasteiger partial charge in [0.25, 0.3) is 0 Å². The largest absolute Gasteiger partial charge is 0.390 e. The van der Waals surface area contributed by atoms with E-state index in [2.05, 4.69) is 18.5 Å². The van der Waals surface area contributed by atoms with E-state index in [1.54, 1.807) is 13.0 Å². The van der Waals surface area contributed by atoms with E-state index in [9.17, 15) is 15.0 Å². The Morgan fingerprint density at radius 1 is 1.46 bits per heavy atom. The van der Waals surface area contributed by atoms with Gasteiger partial charge in [-0.15, -0.1) is 0 Å². The Labute approximate surface area is 142 Å². The van der Waals surface area contributed by atoms with E-state index in [-0.39, 0.29) is 12.3 Å². The Hall–Kier alpha value is -1.95. The van der Waals surface area contributed by atoms with Crippen molar-refractivity contribution in [1.82, 2.24) is 5.32 Å². The van der Waals surface area contributed by atoms with Crippen LogP contribution in [-0.4, -0.2) is 40.5 Å². The summed E-state index contributed by atoms with van der Waals surface area (Å²) in [7, 11) is 0. The van der Waals surface area contributed by atoms with Gasteiger partial charge < -0.3 is 20.3 Å². The van der Waals surface area contributed by atoms with Crippen LogP contribution in [-0.2, 0) is 16.1 Å². The molecule has 1 heterocycles. The maximum absolute atomic E-state index is 12.3. The average molecular weight is 331 g/mol. The number of amides is 1. The van der Waals surface area contributed by atoms with Crippen LogP contribution in [0.2, 0.25) is 0 Å². The maximum atomic E-state index is 12.3. The summed E-state index contributed by atoms with van der Waals surface area (Å²) >= 11 is 0. The quantitative estimate of drug-likeness (QED) is 0.729. The molecule has 1 aliphatic heterocycles. The predicted octanol–water partition coefficient (Wildman–Crippen LogP) is 0.0557. The molecule has 0 radical (unpaired) electrons. The average Bonchev–Trinajstić information content (AvgIpc) is 2.57. The highest BCUT2D eigenvalue weighted by molar-refractivity contribution is 5.81. The molecule has 130 valence electrons. The summed E-state index contributed by atoms with van der Waals surface area (Å²) < 4.78 is 5.48. The summed E-state index contributed by atoms with van der Waals surface area (Å²) in [6.45, 7) is 11.8. The molecule has 4 atom stereocenters. The Morgan fingerprint density at radius 3 is 2.75 bits per heavy atom. The molecular weight excluding hydrogens is 306 g/mol. The van der Waals surface area contributed by atoms with E-state index in [4.69, 9.17) is 4.74 Å². The number of aliphatic hydroxyl groups excluding tert-OH is 2. The number of hydrogen-bond acceptors (Lipinski definition) is 4. The van der Waals surface area contributed by atoms with Crippen LogP contribution in [0.4, 0.5) is 0 Å². The highest BCUT2D eigenvalue weighted by atomic mass is 16.5. The molecule has 1 aromatic carbocycles. The van der Waals surface area contributed by atoms with Crippen molar-refractivity contribution in [2.45, 2.75) is 51.2 Å². The first-order valence-electron chi connectivity index (χ1n) is 8.08. The van der Waals surface area contributed by atoms with Crippen molar-refractivity contribution in [2.75, 3.05) is 0 Å². The van der Waals surface area contributed by atoms with Gasteiger partial charge in [-0.3, -0.25) is 4.79 Å². The fourth-order valence-corrected chi connectivity index (χ4v) is 2.94. The van der Waals surface area contributed by atoms with Crippen molar-refractivity contribution in [1.29, 1.82) is 0 Å². The minimum atomic E-state index is -0.965. The smallest absolute Gasteiger partial charge is 0.249 e. The van der Waals surface area contributed by atoms with E-state index >= 15 is 0 Å². The second kappa shape index (κ2) is 7.75. The molecule has 0 aromatic heterocycles. The zero-order chi connectivity index (χ0) is 17.9.